The van der Waals surface area contributed by atoms with E-state index in [1.807, 2.05) is 6.08 Å². The van der Waals surface area contributed by atoms with E-state index in [4.69, 9.17) is 9.94 Å². The Morgan fingerprint density at radius 2 is 2.24 bits per heavy atom. The van der Waals surface area contributed by atoms with E-state index in [0.29, 0.717) is 11.8 Å². The zero-order valence-corrected chi connectivity index (χ0v) is 15.2. The molecule has 0 aromatic carbocycles. The van der Waals surface area contributed by atoms with Gasteiger partial charge in [-0.1, -0.05) is 56.0 Å². The van der Waals surface area contributed by atoms with Crippen molar-refractivity contribution in [2.24, 2.45) is 17.0 Å². The average Bonchev–Trinajstić information content (AvgIpc) is 3.14. The normalized spacial score (nSPS) is 25.4. The summed E-state index contributed by atoms with van der Waals surface area (Å²) in [6, 6.07) is 0. The number of aliphatic hydroxyl groups is 1. The highest BCUT2D eigenvalue weighted by Gasteiger charge is 2.36. The van der Waals surface area contributed by atoms with Gasteiger partial charge in [-0.15, -0.1) is 0 Å². The third-order valence-electron chi connectivity index (χ3n) is 5.07. The predicted octanol–water partition coefficient (Wildman–Crippen LogP) is 4.08. The van der Waals surface area contributed by atoms with Crippen LogP contribution in [-0.4, -0.2) is 34.6 Å². The van der Waals surface area contributed by atoms with Gasteiger partial charge in [0.05, 0.1) is 18.2 Å². The SMILES string of the molecule is CCCCCCC(O)C=CC1=CC[C@@H]2C/C(=N/OCCC(=O)O)C[C@@H]12. The Labute approximate surface area is 150 Å². The Bertz CT molecular complexity index is 524. The van der Waals surface area contributed by atoms with Crippen molar-refractivity contribution in [2.75, 3.05) is 6.61 Å². The molecule has 2 aliphatic carbocycles. The zero-order chi connectivity index (χ0) is 18.1. The molecular formula is C20H31NO4. The maximum absolute atomic E-state index is 10.5. The van der Waals surface area contributed by atoms with E-state index >= 15 is 0 Å². The first kappa shape index (κ1) is 19.7. The minimum atomic E-state index is -0.868. The summed E-state index contributed by atoms with van der Waals surface area (Å²) < 4.78 is 0. The molecule has 25 heavy (non-hydrogen) atoms. The number of carboxylic acids is 1. The second-order valence-corrected chi connectivity index (χ2v) is 7.12. The number of allylic oxidation sites excluding steroid dienone is 3. The molecule has 0 saturated heterocycles. The van der Waals surface area contributed by atoms with E-state index in [1.54, 1.807) is 0 Å². The van der Waals surface area contributed by atoms with Gasteiger partial charge in [0.2, 0.25) is 0 Å². The van der Waals surface area contributed by atoms with Gasteiger partial charge in [0.1, 0.15) is 6.61 Å². The Kier molecular flexibility index (Phi) is 8.19. The largest absolute Gasteiger partial charge is 0.481 e. The van der Waals surface area contributed by atoms with Crippen molar-refractivity contribution < 1.29 is 19.8 Å². The molecule has 0 radical (unpaired) electrons. The van der Waals surface area contributed by atoms with Crippen molar-refractivity contribution in [1.82, 2.24) is 0 Å². The van der Waals surface area contributed by atoms with Crippen LogP contribution in [0.1, 0.15) is 64.7 Å². The third kappa shape index (κ3) is 6.65. The highest BCUT2D eigenvalue weighted by atomic mass is 16.6. The molecule has 0 aliphatic heterocycles. The Balaban J connectivity index is 1.74. The number of fused-ring (bicyclic) bond motifs is 1. The lowest BCUT2D eigenvalue weighted by molar-refractivity contribution is -0.138. The number of carboxylic acid groups (broad SMARTS) is 1. The quantitative estimate of drug-likeness (QED) is 0.435. The summed E-state index contributed by atoms with van der Waals surface area (Å²) in [5.74, 6) is 0.167. The van der Waals surface area contributed by atoms with Crippen LogP contribution in [0.25, 0.3) is 0 Å². The zero-order valence-electron chi connectivity index (χ0n) is 15.2. The summed E-state index contributed by atoms with van der Waals surface area (Å²) in [5, 5.41) is 22.8. The standard InChI is InChI=1S/C20H31NO4/c1-2-3-4-5-6-18(22)10-9-15-7-8-16-13-17(14-19(15)16)21-25-12-11-20(23)24/h7,9-10,16,18-19,22H,2-6,8,11-14H2,1H3,(H,23,24)/b10-9?,21-17-/t16-,18?,19+/m1/s1. The van der Waals surface area contributed by atoms with Crippen LogP contribution in [0.3, 0.4) is 0 Å². The number of carbonyl (C=O) groups is 1. The summed E-state index contributed by atoms with van der Waals surface area (Å²) in [5.41, 5.74) is 2.33. The molecule has 0 amide bonds. The van der Waals surface area contributed by atoms with Crippen molar-refractivity contribution in [3.05, 3.63) is 23.8 Å². The molecule has 3 atom stereocenters. The highest BCUT2D eigenvalue weighted by molar-refractivity contribution is 5.87. The average molecular weight is 349 g/mol. The molecular weight excluding hydrogens is 318 g/mol. The van der Waals surface area contributed by atoms with Crippen molar-refractivity contribution in [3.63, 3.8) is 0 Å². The topological polar surface area (TPSA) is 79.1 Å². The smallest absolute Gasteiger partial charge is 0.306 e. The second kappa shape index (κ2) is 10.4. The van der Waals surface area contributed by atoms with E-state index in [9.17, 15) is 9.90 Å². The Morgan fingerprint density at radius 1 is 1.40 bits per heavy atom. The van der Waals surface area contributed by atoms with Gasteiger partial charge in [0, 0.05) is 0 Å². The maximum atomic E-state index is 10.5. The van der Waals surface area contributed by atoms with E-state index in [1.165, 1.54) is 24.8 Å². The molecule has 0 bridgehead atoms. The minimum Gasteiger partial charge on any atom is -0.481 e. The van der Waals surface area contributed by atoms with Gasteiger partial charge in [-0.25, -0.2) is 0 Å². The summed E-state index contributed by atoms with van der Waals surface area (Å²) in [7, 11) is 0. The van der Waals surface area contributed by atoms with E-state index < -0.39 is 5.97 Å². The summed E-state index contributed by atoms with van der Waals surface area (Å²) in [4.78, 5) is 15.6. The molecule has 0 aromatic heterocycles. The number of aliphatic hydroxyl groups excluding tert-OH is 1. The molecule has 0 heterocycles. The first-order chi connectivity index (χ1) is 12.1. The molecule has 0 aromatic rings. The number of oxime groups is 1. The Hall–Kier alpha value is -1.62. The first-order valence-corrected chi connectivity index (χ1v) is 9.56. The fourth-order valence-electron chi connectivity index (χ4n) is 3.66. The van der Waals surface area contributed by atoms with Gasteiger partial charge in [-0.3, -0.25) is 4.79 Å². The van der Waals surface area contributed by atoms with Crippen LogP contribution in [0.5, 0.6) is 0 Å². The van der Waals surface area contributed by atoms with Crippen molar-refractivity contribution in [1.29, 1.82) is 0 Å². The van der Waals surface area contributed by atoms with E-state index in [0.717, 1.165) is 37.8 Å². The highest BCUT2D eigenvalue weighted by Crippen LogP contribution is 2.43. The number of unbranched alkanes of at least 4 members (excludes halogenated alkanes) is 3. The van der Waals surface area contributed by atoms with Gasteiger partial charge in [-0.2, -0.15) is 0 Å². The van der Waals surface area contributed by atoms with Crippen molar-refractivity contribution >= 4 is 11.7 Å². The number of hydrogen-bond donors (Lipinski definition) is 2. The van der Waals surface area contributed by atoms with Gasteiger partial charge in [0.25, 0.3) is 0 Å². The lowest BCUT2D eigenvalue weighted by Gasteiger charge is -2.11. The number of rotatable bonds is 11. The van der Waals surface area contributed by atoms with Gasteiger partial charge >= 0.3 is 5.97 Å². The molecule has 1 unspecified atom stereocenters. The lowest BCUT2D eigenvalue weighted by Crippen LogP contribution is -2.04. The number of nitrogens with zero attached hydrogens (tertiary/aromatic N) is 1. The van der Waals surface area contributed by atoms with Crippen LogP contribution < -0.4 is 0 Å². The molecule has 1 saturated carbocycles. The monoisotopic (exact) mass is 349 g/mol. The maximum Gasteiger partial charge on any atom is 0.306 e. The van der Waals surface area contributed by atoms with Crippen LogP contribution >= 0.6 is 0 Å². The predicted molar refractivity (Wildman–Crippen MR) is 98.5 cm³/mol. The number of aliphatic carboxylic acids is 1. The van der Waals surface area contributed by atoms with Gasteiger partial charge in [-0.05, 0) is 43.1 Å². The Morgan fingerprint density at radius 3 is 3.00 bits per heavy atom. The molecule has 2 N–H and O–H groups in total. The minimum absolute atomic E-state index is 0.0202. The van der Waals surface area contributed by atoms with Crippen LogP contribution in [-0.2, 0) is 9.63 Å². The van der Waals surface area contributed by atoms with Gasteiger partial charge < -0.3 is 15.1 Å². The fraction of sp³-hybridized carbons (Fsp3) is 0.700. The van der Waals surface area contributed by atoms with E-state index in [-0.39, 0.29) is 19.1 Å². The van der Waals surface area contributed by atoms with Crippen LogP contribution in [0, 0.1) is 11.8 Å². The van der Waals surface area contributed by atoms with E-state index in [2.05, 4.69) is 24.2 Å². The molecule has 2 aliphatic rings. The van der Waals surface area contributed by atoms with Gasteiger partial charge in [0.15, 0.2) is 0 Å². The summed E-state index contributed by atoms with van der Waals surface area (Å²) >= 11 is 0. The molecule has 1 fully saturated rings. The van der Waals surface area contributed by atoms with Crippen molar-refractivity contribution in [3.8, 4) is 0 Å². The van der Waals surface area contributed by atoms with Crippen LogP contribution in [0.2, 0.25) is 0 Å². The fourth-order valence-corrected chi connectivity index (χ4v) is 3.66. The second-order valence-electron chi connectivity index (χ2n) is 7.12. The summed E-state index contributed by atoms with van der Waals surface area (Å²) in [6.07, 6.45) is 14.3. The van der Waals surface area contributed by atoms with Crippen LogP contribution in [0.4, 0.5) is 0 Å². The first-order valence-electron chi connectivity index (χ1n) is 9.56. The third-order valence-corrected chi connectivity index (χ3v) is 5.07. The molecule has 5 nitrogen and oxygen atoms in total. The molecule has 5 heteroatoms. The number of hydrogen-bond acceptors (Lipinski definition) is 4. The van der Waals surface area contributed by atoms with Crippen molar-refractivity contribution in [2.45, 2.75) is 70.8 Å². The molecule has 2 rings (SSSR count). The molecule has 140 valence electrons. The molecule has 0 spiro atoms. The summed E-state index contributed by atoms with van der Waals surface area (Å²) in [6.45, 7) is 2.32. The lowest BCUT2D eigenvalue weighted by atomic mass is 9.94. The van der Waals surface area contributed by atoms with Crippen LogP contribution in [0.15, 0.2) is 29.0 Å².